The van der Waals surface area contributed by atoms with Crippen molar-refractivity contribution in [2.24, 2.45) is 0 Å². The Hall–Kier alpha value is -1.60. The molecule has 0 unspecified atom stereocenters. The van der Waals surface area contributed by atoms with Gasteiger partial charge in [-0.25, -0.2) is 9.97 Å². The summed E-state index contributed by atoms with van der Waals surface area (Å²) in [7, 11) is 0. The first-order chi connectivity index (χ1) is 7.33. The van der Waals surface area contributed by atoms with E-state index in [1.165, 1.54) is 5.56 Å². The minimum absolute atomic E-state index is 0.704. The van der Waals surface area contributed by atoms with Gasteiger partial charge in [-0.3, -0.25) is 0 Å². The monoisotopic (exact) mass is 217 g/mol. The molecule has 0 aliphatic carbocycles. The number of fused-ring (bicyclic) bond motifs is 1. The largest absolute Gasteiger partial charge is 0.368 e. The van der Waals surface area contributed by atoms with E-state index in [1.807, 2.05) is 0 Å². The summed E-state index contributed by atoms with van der Waals surface area (Å²) in [6, 6.07) is 0. The average Bonchev–Trinajstić information content (AvgIpc) is 2.62. The topological polar surface area (TPSA) is 37.8 Å². The molecule has 0 aromatic carbocycles. The molecule has 0 aliphatic heterocycles. The summed E-state index contributed by atoms with van der Waals surface area (Å²) in [5.74, 6) is 3.47. The Morgan fingerprint density at radius 3 is 3.20 bits per heavy atom. The number of anilines is 1. The fourth-order valence-electron chi connectivity index (χ4n) is 1.35. The SMILES string of the molecule is C#CCCNc1ncnc2c(C)csc12. The molecule has 1 N–H and O–H groups in total. The van der Waals surface area contributed by atoms with E-state index in [2.05, 4.69) is 33.5 Å². The van der Waals surface area contributed by atoms with Gasteiger partial charge in [0.2, 0.25) is 0 Å². The van der Waals surface area contributed by atoms with Crippen molar-refractivity contribution < 1.29 is 0 Å². The Labute approximate surface area is 92.6 Å². The van der Waals surface area contributed by atoms with Crippen molar-refractivity contribution >= 4 is 27.4 Å². The highest BCUT2D eigenvalue weighted by Gasteiger charge is 2.06. The van der Waals surface area contributed by atoms with E-state index in [1.54, 1.807) is 17.7 Å². The third-order valence-electron chi connectivity index (χ3n) is 2.09. The first kappa shape index (κ1) is 9.94. The van der Waals surface area contributed by atoms with Crippen molar-refractivity contribution in [1.29, 1.82) is 0 Å². The van der Waals surface area contributed by atoms with Crippen LogP contribution in [0.5, 0.6) is 0 Å². The van der Waals surface area contributed by atoms with Gasteiger partial charge in [-0.15, -0.1) is 23.7 Å². The number of rotatable bonds is 3. The lowest BCUT2D eigenvalue weighted by molar-refractivity contribution is 1.07. The molecule has 76 valence electrons. The van der Waals surface area contributed by atoms with Gasteiger partial charge in [0.25, 0.3) is 0 Å². The van der Waals surface area contributed by atoms with E-state index in [-0.39, 0.29) is 0 Å². The Kier molecular flexibility index (Phi) is 2.84. The molecule has 0 saturated heterocycles. The quantitative estimate of drug-likeness (QED) is 0.634. The van der Waals surface area contributed by atoms with Gasteiger partial charge in [-0.1, -0.05) is 0 Å². The van der Waals surface area contributed by atoms with Gasteiger partial charge in [-0.05, 0) is 17.9 Å². The second-order valence-corrected chi connectivity index (χ2v) is 4.08. The van der Waals surface area contributed by atoms with Crippen LogP contribution in [-0.2, 0) is 0 Å². The number of hydrogen-bond donors (Lipinski definition) is 1. The minimum Gasteiger partial charge on any atom is -0.368 e. The third-order valence-corrected chi connectivity index (χ3v) is 3.19. The molecule has 0 bridgehead atoms. The van der Waals surface area contributed by atoms with Gasteiger partial charge in [0, 0.05) is 13.0 Å². The highest BCUT2D eigenvalue weighted by atomic mass is 32.1. The summed E-state index contributed by atoms with van der Waals surface area (Å²) in [5, 5.41) is 5.31. The van der Waals surface area contributed by atoms with Crippen molar-refractivity contribution in [3.8, 4) is 12.3 Å². The van der Waals surface area contributed by atoms with Crippen LogP contribution in [0.1, 0.15) is 12.0 Å². The van der Waals surface area contributed by atoms with Crippen molar-refractivity contribution in [2.75, 3.05) is 11.9 Å². The lowest BCUT2D eigenvalue weighted by Crippen LogP contribution is -2.02. The molecule has 0 spiro atoms. The number of nitrogens with zero attached hydrogens (tertiary/aromatic N) is 2. The summed E-state index contributed by atoms with van der Waals surface area (Å²) >= 11 is 1.66. The molecule has 2 aromatic heterocycles. The second kappa shape index (κ2) is 4.28. The van der Waals surface area contributed by atoms with E-state index in [0.29, 0.717) is 6.42 Å². The molecule has 15 heavy (non-hydrogen) atoms. The molecule has 2 heterocycles. The number of hydrogen-bond acceptors (Lipinski definition) is 4. The first-order valence-corrected chi connectivity index (χ1v) is 5.57. The standard InChI is InChI=1S/C11H11N3S/c1-3-4-5-12-11-10-9(13-7-14-11)8(2)6-15-10/h1,6-7H,4-5H2,2H3,(H,12,13,14). The van der Waals surface area contributed by atoms with Gasteiger partial charge in [0.15, 0.2) is 0 Å². The summed E-state index contributed by atoms with van der Waals surface area (Å²) in [5.41, 5.74) is 2.22. The molecule has 0 amide bonds. The number of terminal acetylenes is 1. The van der Waals surface area contributed by atoms with E-state index in [4.69, 9.17) is 6.42 Å². The summed E-state index contributed by atoms with van der Waals surface area (Å²) in [6.45, 7) is 2.80. The molecule has 0 saturated carbocycles. The second-order valence-electron chi connectivity index (χ2n) is 3.20. The molecule has 2 aromatic rings. The molecule has 0 radical (unpaired) electrons. The molecule has 4 heteroatoms. The predicted octanol–water partition coefficient (Wildman–Crippen LogP) is 2.43. The van der Waals surface area contributed by atoms with Gasteiger partial charge in [-0.2, -0.15) is 0 Å². The van der Waals surface area contributed by atoms with E-state index in [9.17, 15) is 0 Å². The molecule has 0 atom stereocenters. The number of aromatic nitrogens is 2. The summed E-state index contributed by atoms with van der Waals surface area (Å²) in [6.07, 6.45) is 7.48. The number of aryl methyl sites for hydroxylation is 1. The fraction of sp³-hybridized carbons (Fsp3) is 0.273. The molecular formula is C11H11N3S. The normalized spacial score (nSPS) is 10.1. The fourth-order valence-corrected chi connectivity index (χ4v) is 2.32. The highest BCUT2D eigenvalue weighted by Crippen LogP contribution is 2.28. The summed E-state index contributed by atoms with van der Waals surface area (Å²) in [4.78, 5) is 8.46. The van der Waals surface area contributed by atoms with Crippen LogP contribution in [0.2, 0.25) is 0 Å². The van der Waals surface area contributed by atoms with Gasteiger partial charge < -0.3 is 5.32 Å². The Bertz CT molecular complexity index is 510. The van der Waals surface area contributed by atoms with Crippen molar-refractivity contribution in [3.05, 3.63) is 17.3 Å². The maximum Gasteiger partial charge on any atom is 0.147 e. The van der Waals surface area contributed by atoms with Gasteiger partial charge in [0.1, 0.15) is 12.1 Å². The molecule has 0 aliphatic rings. The first-order valence-electron chi connectivity index (χ1n) is 4.69. The van der Waals surface area contributed by atoms with Gasteiger partial charge in [0.05, 0.1) is 10.2 Å². The number of thiophene rings is 1. The molecule has 2 rings (SSSR count). The smallest absolute Gasteiger partial charge is 0.147 e. The van der Waals surface area contributed by atoms with E-state index >= 15 is 0 Å². The van der Waals surface area contributed by atoms with Crippen LogP contribution in [0, 0.1) is 19.3 Å². The van der Waals surface area contributed by atoms with E-state index in [0.717, 1.165) is 22.6 Å². The maximum absolute atomic E-state index is 5.19. The Morgan fingerprint density at radius 1 is 1.53 bits per heavy atom. The zero-order valence-electron chi connectivity index (χ0n) is 8.45. The Balaban J connectivity index is 2.31. The molecule has 3 nitrogen and oxygen atoms in total. The van der Waals surface area contributed by atoms with Crippen LogP contribution in [0.25, 0.3) is 10.2 Å². The van der Waals surface area contributed by atoms with Crippen LogP contribution >= 0.6 is 11.3 Å². The zero-order chi connectivity index (χ0) is 10.7. The maximum atomic E-state index is 5.19. The third kappa shape index (κ3) is 1.92. The van der Waals surface area contributed by atoms with Crippen molar-refractivity contribution in [1.82, 2.24) is 9.97 Å². The van der Waals surface area contributed by atoms with E-state index < -0.39 is 0 Å². The lowest BCUT2D eigenvalue weighted by Gasteiger charge is -2.03. The zero-order valence-corrected chi connectivity index (χ0v) is 9.27. The lowest BCUT2D eigenvalue weighted by atomic mass is 10.3. The van der Waals surface area contributed by atoms with Crippen molar-refractivity contribution in [3.63, 3.8) is 0 Å². The van der Waals surface area contributed by atoms with Crippen LogP contribution in [0.15, 0.2) is 11.7 Å². The van der Waals surface area contributed by atoms with Crippen LogP contribution < -0.4 is 5.32 Å². The number of nitrogens with one attached hydrogen (secondary N) is 1. The molecule has 0 fully saturated rings. The van der Waals surface area contributed by atoms with Gasteiger partial charge >= 0.3 is 0 Å². The highest BCUT2D eigenvalue weighted by molar-refractivity contribution is 7.18. The minimum atomic E-state index is 0.704. The van der Waals surface area contributed by atoms with Crippen molar-refractivity contribution in [2.45, 2.75) is 13.3 Å². The molecular weight excluding hydrogens is 206 g/mol. The predicted molar refractivity (Wildman–Crippen MR) is 64.1 cm³/mol. The van der Waals surface area contributed by atoms with Crippen LogP contribution in [-0.4, -0.2) is 16.5 Å². The van der Waals surface area contributed by atoms with Crippen LogP contribution in [0.4, 0.5) is 5.82 Å². The average molecular weight is 217 g/mol. The summed E-state index contributed by atoms with van der Waals surface area (Å²) < 4.78 is 1.10. The Morgan fingerprint density at radius 2 is 2.40 bits per heavy atom. The van der Waals surface area contributed by atoms with Crippen LogP contribution in [0.3, 0.4) is 0 Å².